The molecule has 164 valence electrons. The molecule has 6 heteroatoms. The molecule has 0 atom stereocenters. The van der Waals surface area contributed by atoms with Crippen LogP contribution >= 0.6 is 0 Å². The lowest BCUT2D eigenvalue weighted by Gasteiger charge is -2.17. The van der Waals surface area contributed by atoms with Crippen molar-refractivity contribution in [1.29, 1.82) is 0 Å². The number of ether oxygens (including phenoxy) is 1. The van der Waals surface area contributed by atoms with Gasteiger partial charge in [-0.05, 0) is 55.3 Å². The smallest absolute Gasteiger partial charge is 0.255 e. The minimum Gasteiger partial charge on any atom is -0.380 e. The quantitative estimate of drug-likeness (QED) is 0.495. The van der Waals surface area contributed by atoms with Crippen LogP contribution in [-0.2, 0) is 16.1 Å². The van der Waals surface area contributed by atoms with Crippen LogP contribution in [0.3, 0.4) is 0 Å². The molecular weight excluding hydrogens is 402 g/mol. The van der Waals surface area contributed by atoms with Crippen LogP contribution in [0.1, 0.15) is 28.8 Å². The van der Waals surface area contributed by atoms with Gasteiger partial charge in [0.1, 0.15) is 0 Å². The van der Waals surface area contributed by atoms with Crippen LogP contribution < -0.4 is 16.0 Å². The summed E-state index contributed by atoms with van der Waals surface area (Å²) in [5.41, 5.74) is 4.26. The van der Waals surface area contributed by atoms with Gasteiger partial charge in [-0.15, -0.1) is 0 Å². The van der Waals surface area contributed by atoms with E-state index in [1.165, 1.54) is 0 Å². The SMILES string of the molecule is CNC1(C(=O)Nc2cc(C(=O)Nc3ccc(-c4ccccc4)cc3)ccc2COC)CC1. The summed E-state index contributed by atoms with van der Waals surface area (Å²) in [4.78, 5) is 25.6. The first kappa shape index (κ1) is 21.7. The van der Waals surface area contributed by atoms with E-state index in [-0.39, 0.29) is 11.8 Å². The van der Waals surface area contributed by atoms with Crippen LogP contribution in [0.4, 0.5) is 11.4 Å². The van der Waals surface area contributed by atoms with Crippen LogP contribution in [0, 0.1) is 0 Å². The van der Waals surface area contributed by atoms with Crippen molar-refractivity contribution < 1.29 is 14.3 Å². The largest absolute Gasteiger partial charge is 0.380 e. The maximum atomic E-state index is 12.9. The van der Waals surface area contributed by atoms with Crippen molar-refractivity contribution >= 4 is 23.2 Å². The van der Waals surface area contributed by atoms with Gasteiger partial charge < -0.3 is 20.7 Å². The number of hydrogen-bond donors (Lipinski definition) is 3. The maximum absolute atomic E-state index is 12.9. The summed E-state index contributed by atoms with van der Waals surface area (Å²) in [5, 5.41) is 8.99. The first-order valence-electron chi connectivity index (χ1n) is 10.6. The lowest BCUT2D eigenvalue weighted by Crippen LogP contribution is -2.40. The minimum atomic E-state index is -0.511. The predicted molar refractivity (Wildman–Crippen MR) is 127 cm³/mol. The molecule has 4 rings (SSSR count). The number of rotatable bonds is 8. The van der Waals surface area contributed by atoms with E-state index in [2.05, 4.69) is 16.0 Å². The fraction of sp³-hybridized carbons (Fsp3) is 0.231. The summed E-state index contributed by atoms with van der Waals surface area (Å²) < 4.78 is 5.25. The number of likely N-dealkylation sites (N-methyl/N-ethyl adjacent to an activating group) is 1. The number of hydrogen-bond acceptors (Lipinski definition) is 4. The number of anilines is 2. The highest BCUT2D eigenvalue weighted by Gasteiger charge is 2.48. The van der Waals surface area contributed by atoms with Crippen molar-refractivity contribution in [3.05, 3.63) is 83.9 Å². The first-order valence-corrected chi connectivity index (χ1v) is 10.6. The molecule has 3 N–H and O–H groups in total. The summed E-state index contributed by atoms with van der Waals surface area (Å²) >= 11 is 0. The molecule has 0 aromatic heterocycles. The molecule has 0 spiro atoms. The van der Waals surface area contributed by atoms with Gasteiger partial charge in [0, 0.05) is 29.6 Å². The summed E-state index contributed by atoms with van der Waals surface area (Å²) in [5.74, 6) is -0.335. The lowest BCUT2D eigenvalue weighted by molar-refractivity contribution is -0.119. The van der Waals surface area contributed by atoms with E-state index < -0.39 is 5.54 Å². The molecular formula is C26H27N3O3. The molecule has 6 nitrogen and oxygen atoms in total. The molecule has 0 unspecified atom stereocenters. The molecule has 0 aliphatic heterocycles. The van der Waals surface area contributed by atoms with E-state index in [0.29, 0.717) is 23.5 Å². The molecule has 0 heterocycles. The maximum Gasteiger partial charge on any atom is 0.255 e. The average molecular weight is 430 g/mol. The molecule has 2 amide bonds. The van der Waals surface area contributed by atoms with Crippen molar-refractivity contribution in [2.24, 2.45) is 0 Å². The predicted octanol–water partition coefficient (Wildman–Crippen LogP) is 4.44. The molecule has 0 bridgehead atoms. The average Bonchev–Trinajstić information content (AvgIpc) is 3.63. The van der Waals surface area contributed by atoms with Gasteiger partial charge in [-0.1, -0.05) is 48.5 Å². The summed E-state index contributed by atoms with van der Waals surface area (Å²) in [7, 11) is 3.39. The Morgan fingerprint density at radius 2 is 1.59 bits per heavy atom. The van der Waals surface area contributed by atoms with Crippen molar-refractivity contribution in [3.63, 3.8) is 0 Å². The van der Waals surface area contributed by atoms with E-state index >= 15 is 0 Å². The molecule has 3 aromatic rings. The molecule has 1 aliphatic rings. The Labute approximate surface area is 188 Å². The van der Waals surface area contributed by atoms with Crippen LogP contribution in [-0.4, -0.2) is 31.5 Å². The number of methoxy groups -OCH3 is 1. The van der Waals surface area contributed by atoms with Gasteiger partial charge in [0.25, 0.3) is 5.91 Å². The highest BCUT2D eigenvalue weighted by atomic mass is 16.5. The van der Waals surface area contributed by atoms with Gasteiger partial charge in [-0.2, -0.15) is 0 Å². The monoisotopic (exact) mass is 429 g/mol. The number of carbonyl (C=O) groups is 2. The second kappa shape index (κ2) is 9.34. The third-order valence-corrected chi connectivity index (χ3v) is 5.83. The molecule has 32 heavy (non-hydrogen) atoms. The summed E-state index contributed by atoms with van der Waals surface area (Å²) in [6, 6.07) is 23.0. The fourth-order valence-corrected chi connectivity index (χ4v) is 3.65. The van der Waals surface area contributed by atoms with Crippen LogP contribution in [0.25, 0.3) is 11.1 Å². The van der Waals surface area contributed by atoms with E-state index in [1.54, 1.807) is 26.3 Å². The summed E-state index contributed by atoms with van der Waals surface area (Å²) in [6.45, 7) is 0.338. The zero-order valence-electron chi connectivity index (χ0n) is 18.3. The van der Waals surface area contributed by atoms with Gasteiger partial charge >= 0.3 is 0 Å². The lowest BCUT2D eigenvalue weighted by atomic mass is 10.1. The fourth-order valence-electron chi connectivity index (χ4n) is 3.65. The topological polar surface area (TPSA) is 79.5 Å². The Balaban J connectivity index is 1.50. The normalized spacial score (nSPS) is 13.9. The standard InChI is InChI=1S/C26H27N3O3/c1-27-26(14-15-26)25(31)29-23-16-20(8-9-21(23)17-32-2)24(30)28-22-12-10-19(11-13-22)18-6-4-3-5-7-18/h3-13,16,27H,14-15,17H2,1-2H3,(H,28,30)(H,29,31). The zero-order valence-corrected chi connectivity index (χ0v) is 18.3. The Hall–Kier alpha value is -3.48. The minimum absolute atomic E-state index is 0.0913. The van der Waals surface area contributed by atoms with Crippen molar-refractivity contribution in [2.45, 2.75) is 25.0 Å². The van der Waals surface area contributed by atoms with Gasteiger partial charge in [0.15, 0.2) is 0 Å². The molecule has 1 saturated carbocycles. The van der Waals surface area contributed by atoms with Gasteiger partial charge in [-0.25, -0.2) is 0 Å². The van der Waals surface area contributed by atoms with Gasteiger partial charge in [0.2, 0.25) is 5.91 Å². The number of amides is 2. The Bertz CT molecular complexity index is 1110. The number of nitrogens with one attached hydrogen (secondary N) is 3. The van der Waals surface area contributed by atoms with Gasteiger partial charge in [-0.3, -0.25) is 9.59 Å². The summed E-state index contributed by atoms with van der Waals surface area (Å²) in [6.07, 6.45) is 1.60. The zero-order chi connectivity index (χ0) is 22.6. The second-order valence-electron chi connectivity index (χ2n) is 7.99. The second-order valence-corrected chi connectivity index (χ2v) is 7.99. The Morgan fingerprint density at radius 3 is 2.22 bits per heavy atom. The van der Waals surface area contributed by atoms with E-state index in [0.717, 1.165) is 29.5 Å². The highest BCUT2D eigenvalue weighted by molar-refractivity contribution is 6.06. The van der Waals surface area contributed by atoms with Crippen molar-refractivity contribution in [3.8, 4) is 11.1 Å². The van der Waals surface area contributed by atoms with Crippen LogP contribution in [0.2, 0.25) is 0 Å². The van der Waals surface area contributed by atoms with Gasteiger partial charge in [0.05, 0.1) is 12.1 Å². The van der Waals surface area contributed by atoms with E-state index in [9.17, 15) is 9.59 Å². The number of carbonyl (C=O) groups excluding carboxylic acids is 2. The molecule has 0 radical (unpaired) electrons. The van der Waals surface area contributed by atoms with Crippen molar-refractivity contribution in [1.82, 2.24) is 5.32 Å². The molecule has 3 aromatic carbocycles. The molecule has 1 fully saturated rings. The van der Waals surface area contributed by atoms with Crippen molar-refractivity contribution in [2.75, 3.05) is 24.8 Å². The molecule has 1 aliphatic carbocycles. The Kier molecular flexibility index (Phi) is 6.35. The van der Waals surface area contributed by atoms with E-state index in [1.807, 2.05) is 60.7 Å². The Morgan fingerprint density at radius 1 is 0.906 bits per heavy atom. The number of benzene rings is 3. The third-order valence-electron chi connectivity index (χ3n) is 5.83. The van der Waals surface area contributed by atoms with Crippen LogP contribution in [0.15, 0.2) is 72.8 Å². The third kappa shape index (κ3) is 4.72. The van der Waals surface area contributed by atoms with Crippen LogP contribution in [0.5, 0.6) is 0 Å². The highest BCUT2D eigenvalue weighted by Crippen LogP contribution is 2.36. The van der Waals surface area contributed by atoms with E-state index in [4.69, 9.17) is 4.74 Å². The first-order chi connectivity index (χ1) is 15.5. The molecule has 0 saturated heterocycles.